The van der Waals surface area contributed by atoms with Gasteiger partial charge in [-0.2, -0.15) is 0 Å². The summed E-state index contributed by atoms with van der Waals surface area (Å²) in [7, 11) is 3.19. The highest BCUT2D eigenvalue weighted by atomic mass is 16.2. The number of hydrogen-bond donors (Lipinski definition) is 1. The second kappa shape index (κ2) is 6.75. The predicted octanol–water partition coefficient (Wildman–Crippen LogP) is 2.19. The van der Waals surface area contributed by atoms with Crippen molar-refractivity contribution in [3.05, 3.63) is 66.2 Å². The highest BCUT2D eigenvalue weighted by Crippen LogP contribution is 2.29. The fraction of sp³-hybridized carbons (Fsp3) is 0.250. The van der Waals surface area contributed by atoms with E-state index in [-0.39, 0.29) is 11.9 Å². The molecule has 0 saturated carbocycles. The maximum atomic E-state index is 12.9. The first-order valence-corrected chi connectivity index (χ1v) is 8.81. The van der Waals surface area contributed by atoms with Gasteiger partial charge in [0.15, 0.2) is 12.2 Å². The van der Waals surface area contributed by atoms with Gasteiger partial charge in [-0.25, -0.2) is 9.79 Å². The lowest BCUT2D eigenvalue weighted by Gasteiger charge is -2.40. The highest BCUT2D eigenvalue weighted by molar-refractivity contribution is 6.06. The minimum atomic E-state index is -0.552. The number of para-hydroxylation sites is 1. The number of benzene rings is 2. The van der Waals surface area contributed by atoms with Gasteiger partial charge in [0, 0.05) is 26.3 Å². The average molecular weight is 363 g/mol. The lowest BCUT2D eigenvalue weighted by Crippen LogP contribution is -2.64. The van der Waals surface area contributed by atoms with E-state index in [1.807, 2.05) is 65.6 Å². The molecule has 138 valence electrons. The number of carbonyl (C=O) groups is 2. The highest BCUT2D eigenvalue weighted by Gasteiger charge is 2.51. The monoisotopic (exact) mass is 363 g/mol. The minimum Gasteiger partial charge on any atom is -0.326 e. The third-order valence-electron chi connectivity index (χ3n) is 4.94. The van der Waals surface area contributed by atoms with E-state index >= 15 is 0 Å². The van der Waals surface area contributed by atoms with Crippen LogP contribution in [-0.4, -0.2) is 58.9 Å². The SMILES string of the molecule is CN1C(=O)C2C(N=C(Nc3ccccc3)N2Cc2ccccc2)N(C)C1=O. The molecule has 0 aromatic heterocycles. The van der Waals surface area contributed by atoms with Gasteiger partial charge >= 0.3 is 6.03 Å². The molecule has 1 saturated heterocycles. The van der Waals surface area contributed by atoms with Crippen molar-refractivity contribution in [2.24, 2.45) is 4.99 Å². The largest absolute Gasteiger partial charge is 0.328 e. The molecule has 1 fully saturated rings. The Balaban J connectivity index is 1.70. The third kappa shape index (κ3) is 3.01. The molecule has 0 radical (unpaired) electrons. The lowest BCUT2D eigenvalue weighted by atomic mass is 10.1. The number of urea groups is 1. The van der Waals surface area contributed by atoms with E-state index < -0.39 is 12.2 Å². The predicted molar refractivity (Wildman–Crippen MR) is 103 cm³/mol. The Labute approximate surface area is 157 Å². The van der Waals surface area contributed by atoms with Crippen LogP contribution >= 0.6 is 0 Å². The Morgan fingerprint density at radius 3 is 2.26 bits per heavy atom. The van der Waals surface area contributed by atoms with Crippen LogP contribution in [0.2, 0.25) is 0 Å². The summed E-state index contributed by atoms with van der Waals surface area (Å²) in [5, 5.41) is 3.31. The lowest BCUT2D eigenvalue weighted by molar-refractivity contribution is -0.136. The van der Waals surface area contributed by atoms with Gasteiger partial charge in [0.1, 0.15) is 0 Å². The number of likely N-dealkylation sites (N-methyl/N-ethyl adjacent to an activating group) is 2. The van der Waals surface area contributed by atoms with E-state index in [2.05, 4.69) is 10.3 Å². The molecule has 2 heterocycles. The van der Waals surface area contributed by atoms with E-state index in [0.29, 0.717) is 12.5 Å². The summed E-state index contributed by atoms with van der Waals surface area (Å²) in [6.07, 6.45) is -0.545. The number of carbonyl (C=O) groups excluding carboxylic acids is 2. The Morgan fingerprint density at radius 1 is 0.963 bits per heavy atom. The molecule has 0 spiro atoms. The number of amides is 3. The average Bonchev–Trinajstić information content (AvgIpc) is 3.04. The molecular formula is C20H21N5O2. The van der Waals surface area contributed by atoms with Crippen LogP contribution < -0.4 is 5.32 Å². The van der Waals surface area contributed by atoms with Crippen LogP contribution in [0.4, 0.5) is 10.5 Å². The van der Waals surface area contributed by atoms with E-state index in [0.717, 1.165) is 11.3 Å². The Bertz CT molecular complexity index is 884. The van der Waals surface area contributed by atoms with Crippen molar-refractivity contribution in [1.29, 1.82) is 0 Å². The van der Waals surface area contributed by atoms with Gasteiger partial charge in [-0.15, -0.1) is 0 Å². The second-order valence-corrected chi connectivity index (χ2v) is 6.71. The van der Waals surface area contributed by atoms with Gasteiger partial charge in [-0.1, -0.05) is 48.5 Å². The number of anilines is 1. The maximum Gasteiger partial charge on any atom is 0.328 e. The quantitative estimate of drug-likeness (QED) is 0.908. The van der Waals surface area contributed by atoms with Crippen molar-refractivity contribution in [1.82, 2.24) is 14.7 Å². The number of guanidine groups is 1. The molecule has 4 rings (SSSR count). The molecule has 0 aliphatic carbocycles. The molecule has 3 amide bonds. The van der Waals surface area contributed by atoms with Crippen molar-refractivity contribution in [2.75, 3.05) is 19.4 Å². The molecule has 2 unspecified atom stereocenters. The van der Waals surface area contributed by atoms with Crippen LogP contribution in [-0.2, 0) is 11.3 Å². The number of fused-ring (bicyclic) bond motifs is 1. The summed E-state index contributed by atoms with van der Waals surface area (Å²) in [5.74, 6) is 0.344. The first kappa shape index (κ1) is 17.1. The number of nitrogens with zero attached hydrogens (tertiary/aromatic N) is 4. The zero-order valence-corrected chi connectivity index (χ0v) is 15.2. The zero-order chi connectivity index (χ0) is 19.0. The molecular weight excluding hydrogens is 342 g/mol. The zero-order valence-electron chi connectivity index (χ0n) is 15.2. The molecule has 2 aromatic carbocycles. The Hall–Kier alpha value is -3.35. The number of aliphatic imine (C=N–C) groups is 1. The number of imide groups is 1. The summed E-state index contributed by atoms with van der Waals surface area (Å²) < 4.78 is 0. The molecule has 7 nitrogen and oxygen atoms in total. The van der Waals surface area contributed by atoms with E-state index in [9.17, 15) is 9.59 Å². The van der Waals surface area contributed by atoms with Crippen LogP contribution in [0.1, 0.15) is 5.56 Å². The van der Waals surface area contributed by atoms with Crippen LogP contribution in [0.5, 0.6) is 0 Å². The van der Waals surface area contributed by atoms with E-state index in [4.69, 9.17) is 0 Å². The normalized spacial score (nSPS) is 22.0. The van der Waals surface area contributed by atoms with E-state index in [1.54, 1.807) is 7.05 Å². The Morgan fingerprint density at radius 2 is 1.59 bits per heavy atom. The number of hydrogen-bond acceptors (Lipinski definition) is 5. The van der Waals surface area contributed by atoms with Crippen molar-refractivity contribution in [3.63, 3.8) is 0 Å². The molecule has 2 aliphatic rings. The molecule has 0 bridgehead atoms. The van der Waals surface area contributed by atoms with Gasteiger partial charge in [-0.3, -0.25) is 9.69 Å². The topological polar surface area (TPSA) is 68.2 Å². The molecule has 2 aliphatic heterocycles. The van der Waals surface area contributed by atoms with Gasteiger partial charge < -0.3 is 15.1 Å². The molecule has 2 aromatic rings. The smallest absolute Gasteiger partial charge is 0.326 e. The standard InChI is InChI=1S/C20H21N5O2/c1-23-17-16(18(26)24(2)20(23)27)25(13-14-9-5-3-6-10-14)19(22-17)21-15-11-7-4-8-12-15/h3-12,16-17H,13H2,1-2H3,(H,21,22). The summed E-state index contributed by atoms with van der Waals surface area (Å²) in [6.45, 7) is 0.516. The molecule has 7 heteroatoms. The molecule has 27 heavy (non-hydrogen) atoms. The first-order chi connectivity index (χ1) is 13.1. The summed E-state index contributed by atoms with van der Waals surface area (Å²) in [5.41, 5.74) is 1.94. The summed E-state index contributed by atoms with van der Waals surface area (Å²) in [4.78, 5) is 34.5. The van der Waals surface area contributed by atoms with Crippen LogP contribution in [0.15, 0.2) is 65.7 Å². The minimum absolute atomic E-state index is 0.243. The van der Waals surface area contributed by atoms with Crippen molar-refractivity contribution in [2.45, 2.75) is 18.8 Å². The van der Waals surface area contributed by atoms with Crippen LogP contribution in [0.25, 0.3) is 0 Å². The van der Waals surface area contributed by atoms with Crippen molar-refractivity contribution < 1.29 is 9.59 Å². The summed E-state index contributed by atoms with van der Waals surface area (Å²) >= 11 is 0. The van der Waals surface area contributed by atoms with Crippen molar-refractivity contribution >= 4 is 23.6 Å². The molecule has 2 atom stereocenters. The third-order valence-corrected chi connectivity index (χ3v) is 4.94. The maximum absolute atomic E-state index is 12.9. The molecule has 1 N–H and O–H groups in total. The number of rotatable bonds is 3. The fourth-order valence-electron chi connectivity index (χ4n) is 3.47. The van der Waals surface area contributed by atoms with E-state index in [1.165, 1.54) is 16.8 Å². The fourth-order valence-corrected chi connectivity index (χ4v) is 3.47. The van der Waals surface area contributed by atoms with Gasteiger partial charge in [0.05, 0.1) is 0 Å². The number of nitrogens with one attached hydrogen (secondary N) is 1. The second-order valence-electron chi connectivity index (χ2n) is 6.71. The van der Waals surface area contributed by atoms with Gasteiger partial charge in [0.25, 0.3) is 5.91 Å². The van der Waals surface area contributed by atoms with Crippen molar-refractivity contribution in [3.8, 4) is 0 Å². The van der Waals surface area contributed by atoms with Crippen LogP contribution in [0.3, 0.4) is 0 Å². The Kier molecular flexibility index (Phi) is 4.27. The van der Waals surface area contributed by atoms with Gasteiger partial charge in [-0.05, 0) is 17.7 Å². The summed E-state index contributed by atoms with van der Waals surface area (Å²) in [6, 6.07) is 18.7. The first-order valence-electron chi connectivity index (χ1n) is 8.81. The van der Waals surface area contributed by atoms with Gasteiger partial charge in [0.2, 0.25) is 5.96 Å². The van der Waals surface area contributed by atoms with Crippen LogP contribution in [0, 0.1) is 0 Å².